The second-order valence-corrected chi connectivity index (χ2v) is 4.80. The van der Waals surface area contributed by atoms with E-state index in [1.165, 1.54) is 4.90 Å². The molecule has 0 heterocycles. The molecule has 0 aliphatic heterocycles. The van der Waals surface area contributed by atoms with Gasteiger partial charge < -0.3 is 10.0 Å². The van der Waals surface area contributed by atoms with E-state index in [0.29, 0.717) is 19.4 Å². The van der Waals surface area contributed by atoms with Crippen molar-refractivity contribution in [3.63, 3.8) is 0 Å². The zero-order valence-electron chi connectivity index (χ0n) is 10.2. The van der Waals surface area contributed by atoms with E-state index < -0.39 is 17.8 Å². The summed E-state index contributed by atoms with van der Waals surface area (Å²) in [4.78, 5) is 24.6. The normalized spacial score (nSPS) is 27.5. The fourth-order valence-electron chi connectivity index (χ4n) is 2.45. The minimum atomic E-state index is -0.888. The van der Waals surface area contributed by atoms with Crippen molar-refractivity contribution in [2.75, 3.05) is 13.6 Å². The molecule has 1 fully saturated rings. The summed E-state index contributed by atoms with van der Waals surface area (Å²) < 4.78 is 0. The van der Waals surface area contributed by atoms with Gasteiger partial charge in [0, 0.05) is 13.6 Å². The zero-order valence-corrected chi connectivity index (χ0v) is 10.2. The van der Waals surface area contributed by atoms with Gasteiger partial charge in [0.2, 0.25) is 5.91 Å². The van der Waals surface area contributed by atoms with E-state index in [4.69, 9.17) is 10.4 Å². The molecule has 0 saturated heterocycles. The molecule has 1 aliphatic rings. The molecule has 0 aromatic rings. The highest BCUT2D eigenvalue weighted by Crippen LogP contribution is 2.37. The van der Waals surface area contributed by atoms with Crippen LogP contribution in [0.1, 0.15) is 26.2 Å². The van der Waals surface area contributed by atoms with Crippen LogP contribution in [0.25, 0.3) is 0 Å². The van der Waals surface area contributed by atoms with Crippen LogP contribution in [0, 0.1) is 29.1 Å². The molecule has 0 bridgehead atoms. The Hall–Kier alpha value is -1.57. The fourth-order valence-corrected chi connectivity index (χ4v) is 2.45. The Morgan fingerprint density at radius 3 is 2.53 bits per heavy atom. The quantitative estimate of drug-likeness (QED) is 0.795. The summed E-state index contributed by atoms with van der Waals surface area (Å²) in [5.74, 6) is -1.75. The molecular formula is C12H18N2O3. The van der Waals surface area contributed by atoms with Crippen molar-refractivity contribution >= 4 is 11.9 Å². The highest BCUT2D eigenvalue weighted by atomic mass is 16.4. The van der Waals surface area contributed by atoms with Gasteiger partial charge >= 0.3 is 5.97 Å². The van der Waals surface area contributed by atoms with Gasteiger partial charge in [0.1, 0.15) is 0 Å². The summed E-state index contributed by atoms with van der Waals surface area (Å²) in [5, 5.41) is 17.5. The molecule has 17 heavy (non-hydrogen) atoms. The van der Waals surface area contributed by atoms with Gasteiger partial charge in [-0.1, -0.05) is 6.92 Å². The minimum Gasteiger partial charge on any atom is -0.481 e. The van der Waals surface area contributed by atoms with Gasteiger partial charge in [0.05, 0.1) is 24.3 Å². The third kappa shape index (κ3) is 3.19. The topological polar surface area (TPSA) is 81.4 Å². The van der Waals surface area contributed by atoms with Crippen molar-refractivity contribution in [3.05, 3.63) is 0 Å². The first-order valence-electron chi connectivity index (χ1n) is 5.82. The fraction of sp³-hybridized carbons (Fsp3) is 0.750. The molecule has 94 valence electrons. The number of carboxylic acid groups (broad SMARTS) is 1. The van der Waals surface area contributed by atoms with Crippen LogP contribution in [0.15, 0.2) is 0 Å². The van der Waals surface area contributed by atoms with E-state index in [2.05, 4.69) is 0 Å². The molecule has 1 rings (SSSR count). The molecule has 0 aromatic carbocycles. The lowest BCUT2D eigenvalue weighted by Crippen LogP contribution is -2.37. The van der Waals surface area contributed by atoms with E-state index >= 15 is 0 Å². The Morgan fingerprint density at radius 1 is 1.41 bits per heavy atom. The molecule has 5 heteroatoms. The van der Waals surface area contributed by atoms with Crippen molar-refractivity contribution in [2.24, 2.45) is 17.8 Å². The maximum absolute atomic E-state index is 12.1. The van der Waals surface area contributed by atoms with Gasteiger partial charge in [-0.3, -0.25) is 9.59 Å². The van der Waals surface area contributed by atoms with Crippen LogP contribution in [0.3, 0.4) is 0 Å². The standard InChI is InChI=1S/C12H18N2O3/c1-8-6-9(10(7-8)12(16)17)11(15)14(2)5-3-4-13/h8-10H,3,5-7H2,1-2H3,(H,16,17). The molecule has 0 spiro atoms. The van der Waals surface area contributed by atoms with Crippen LogP contribution >= 0.6 is 0 Å². The van der Waals surface area contributed by atoms with E-state index in [1.54, 1.807) is 7.05 Å². The van der Waals surface area contributed by atoms with Crippen LogP contribution < -0.4 is 0 Å². The van der Waals surface area contributed by atoms with Gasteiger partial charge in [0.15, 0.2) is 0 Å². The Bertz CT molecular complexity index is 348. The van der Waals surface area contributed by atoms with E-state index in [1.807, 2.05) is 13.0 Å². The molecule has 3 unspecified atom stereocenters. The first kappa shape index (κ1) is 13.5. The highest BCUT2D eigenvalue weighted by Gasteiger charge is 2.42. The van der Waals surface area contributed by atoms with Gasteiger partial charge in [-0.2, -0.15) is 5.26 Å². The molecule has 1 amide bonds. The number of hydrogen-bond acceptors (Lipinski definition) is 3. The van der Waals surface area contributed by atoms with Crippen LogP contribution in [-0.4, -0.2) is 35.5 Å². The van der Waals surface area contributed by atoms with Crippen molar-refractivity contribution in [2.45, 2.75) is 26.2 Å². The number of nitriles is 1. The summed E-state index contributed by atoms with van der Waals surface area (Å²) in [6.45, 7) is 2.34. The average Bonchev–Trinajstić information content (AvgIpc) is 2.67. The molecule has 1 aliphatic carbocycles. The molecule has 0 radical (unpaired) electrons. The second kappa shape index (κ2) is 5.67. The third-order valence-corrected chi connectivity index (χ3v) is 3.37. The third-order valence-electron chi connectivity index (χ3n) is 3.37. The predicted molar refractivity (Wildman–Crippen MR) is 60.9 cm³/mol. The lowest BCUT2D eigenvalue weighted by atomic mass is 9.95. The lowest BCUT2D eigenvalue weighted by molar-refractivity contribution is -0.148. The summed E-state index contributed by atoms with van der Waals surface area (Å²) in [5.41, 5.74) is 0. The number of aliphatic carboxylic acids is 1. The SMILES string of the molecule is CC1CC(C(=O)O)C(C(=O)N(C)CCC#N)C1. The number of rotatable bonds is 4. The molecule has 3 atom stereocenters. The first-order chi connectivity index (χ1) is 7.97. The van der Waals surface area contributed by atoms with Gasteiger partial charge in [-0.15, -0.1) is 0 Å². The summed E-state index contributed by atoms with van der Waals surface area (Å²) in [7, 11) is 1.63. The Labute approximate surface area is 101 Å². The first-order valence-corrected chi connectivity index (χ1v) is 5.82. The predicted octanol–water partition coefficient (Wildman–Crippen LogP) is 1.11. The number of nitrogens with zero attached hydrogens (tertiary/aromatic N) is 2. The van der Waals surface area contributed by atoms with Crippen molar-refractivity contribution < 1.29 is 14.7 Å². The van der Waals surface area contributed by atoms with Crippen LogP contribution in [0.2, 0.25) is 0 Å². The summed E-state index contributed by atoms with van der Waals surface area (Å²) in [6.07, 6.45) is 1.48. The minimum absolute atomic E-state index is 0.142. The van der Waals surface area contributed by atoms with Gasteiger partial charge in [0.25, 0.3) is 0 Å². The Balaban J connectivity index is 2.67. The average molecular weight is 238 g/mol. The van der Waals surface area contributed by atoms with E-state index in [0.717, 1.165) is 0 Å². The molecular weight excluding hydrogens is 220 g/mol. The maximum Gasteiger partial charge on any atom is 0.307 e. The van der Waals surface area contributed by atoms with Gasteiger partial charge in [-0.25, -0.2) is 0 Å². The van der Waals surface area contributed by atoms with E-state index in [-0.39, 0.29) is 18.2 Å². The zero-order chi connectivity index (χ0) is 13.0. The van der Waals surface area contributed by atoms with Crippen LogP contribution in [0.4, 0.5) is 0 Å². The Morgan fingerprint density at radius 2 is 2.00 bits per heavy atom. The van der Waals surface area contributed by atoms with Crippen molar-refractivity contribution in [1.82, 2.24) is 4.90 Å². The number of carbonyl (C=O) groups is 2. The van der Waals surface area contributed by atoms with Crippen LogP contribution in [0.5, 0.6) is 0 Å². The summed E-state index contributed by atoms with van der Waals surface area (Å²) >= 11 is 0. The molecule has 1 N–H and O–H groups in total. The van der Waals surface area contributed by atoms with E-state index in [9.17, 15) is 9.59 Å². The molecule has 1 saturated carbocycles. The molecule has 0 aromatic heterocycles. The van der Waals surface area contributed by atoms with Crippen molar-refractivity contribution in [3.8, 4) is 6.07 Å². The number of amides is 1. The Kier molecular flexibility index (Phi) is 4.50. The number of hydrogen-bond donors (Lipinski definition) is 1. The van der Waals surface area contributed by atoms with Gasteiger partial charge in [-0.05, 0) is 18.8 Å². The smallest absolute Gasteiger partial charge is 0.307 e. The summed E-state index contributed by atoms with van der Waals surface area (Å²) in [6, 6.07) is 1.98. The lowest BCUT2D eigenvalue weighted by Gasteiger charge is -2.22. The van der Waals surface area contributed by atoms with Crippen molar-refractivity contribution in [1.29, 1.82) is 5.26 Å². The highest BCUT2D eigenvalue weighted by molar-refractivity contribution is 5.85. The maximum atomic E-state index is 12.1. The molecule has 5 nitrogen and oxygen atoms in total. The monoisotopic (exact) mass is 238 g/mol. The second-order valence-electron chi connectivity index (χ2n) is 4.80. The number of carboxylic acids is 1. The van der Waals surface area contributed by atoms with Crippen LogP contribution in [-0.2, 0) is 9.59 Å². The largest absolute Gasteiger partial charge is 0.481 e. The number of carbonyl (C=O) groups excluding carboxylic acids is 1.